The molecule has 1 rings (SSSR count). The topological polar surface area (TPSA) is 24.1 Å². The van der Waals surface area contributed by atoms with Crippen LogP contribution in [-0.4, -0.2) is 11.2 Å². The summed E-state index contributed by atoms with van der Waals surface area (Å²) in [5.41, 5.74) is 0.998. The molecule has 0 saturated carbocycles. The second-order valence-corrected chi connectivity index (χ2v) is 4.95. The molecule has 0 fully saturated rings. The molecule has 1 aromatic rings. The predicted molar refractivity (Wildman–Crippen MR) is 77.9 cm³/mol. The lowest BCUT2D eigenvalue weighted by Crippen LogP contribution is -2.36. The molecular formula is C12H17BrN2S. The van der Waals surface area contributed by atoms with Crippen LogP contribution >= 0.6 is 28.1 Å². The summed E-state index contributed by atoms with van der Waals surface area (Å²) in [4.78, 5) is 0. The van der Waals surface area contributed by atoms with E-state index in [1.54, 1.807) is 0 Å². The molecule has 2 nitrogen and oxygen atoms in total. The highest BCUT2D eigenvalue weighted by molar-refractivity contribution is 9.10. The van der Waals surface area contributed by atoms with Crippen molar-refractivity contribution < 1.29 is 0 Å². The van der Waals surface area contributed by atoms with Gasteiger partial charge in [0.2, 0.25) is 0 Å². The van der Waals surface area contributed by atoms with Gasteiger partial charge in [0.25, 0.3) is 0 Å². The first kappa shape index (κ1) is 13.5. The van der Waals surface area contributed by atoms with E-state index in [1.165, 1.54) is 0 Å². The molecule has 0 amide bonds. The third-order valence-corrected chi connectivity index (χ3v) is 3.12. The van der Waals surface area contributed by atoms with Gasteiger partial charge in [0, 0.05) is 16.2 Å². The zero-order valence-electron chi connectivity index (χ0n) is 9.59. The quantitative estimate of drug-likeness (QED) is 0.824. The molecule has 0 saturated heterocycles. The minimum atomic E-state index is 0.451. The lowest BCUT2D eigenvalue weighted by atomic mass is 10.2. The summed E-state index contributed by atoms with van der Waals surface area (Å²) in [7, 11) is 0. The van der Waals surface area contributed by atoms with Crippen LogP contribution in [0.2, 0.25) is 0 Å². The highest BCUT2D eigenvalue weighted by Gasteiger charge is 2.04. The Kier molecular flexibility index (Phi) is 5.77. The van der Waals surface area contributed by atoms with Crippen LogP contribution in [0.5, 0.6) is 0 Å². The van der Waals surface area contributed by atoms with E-state index in [1.807, 2.05) is 24.3 Å². The molecule has 0 radical (unpaired) electrons. The zero-order chi connectivity index (χ0) is 12.0. The van der Waals surface area contributed by atoms with Crippen LogP contribution in [0, 0.1) is 0 Å². The van der Waals surface area contributed by atoms with Crippen LogP contribution in [0.15, 0.2) is 28.7 Å². The molecule has 4 heteroatoms. The fourth-order valence-electron chi connectivity index (χ4n) is 1.41. The van der Waals surface area contributed by atoms with Crippen molar-refractivity contribution >= 4 is 38.9 Å². The van der Waals surface area contributed by atoms with Gasteiger partial charge >= 0.3 is 0 Å². The van der Waals surface area contributed by atoms with Gasteiger partial charge in [0.15, 0.2) is 5.11 Å². The average molecular weight is 301 g/mol. The molecule has 1 aromatic carbocycles. The summed E-state index contributed by atoms with van der Waals surface area (Å²) in [5, 5.41) is 7.15. The SMILES string of the molecule is CCC(CC)NC(=S)Nc1cccc(Br)c1. The monoisotopic (exact) mass is 300 g/mol. The molecule has 2 N–H and O–H groups in total. The number of hydrogen-bond donors (Lipinski definition) is 2. The number of nitrogens with one attached hydrogen (secondary N) is 2. The highest BCUT2D eigenvalue weighted by atomic mass is 79.9. The van der Waals surface area contributed by atoms with Crippen LogP contribution in [0.3, 0.4) is 0 Å². The van der Waals surface area contributed by atoms with Crippen molar-refractivity contribution in [1.82, 2.24) is 5.32 Å². The summed E-state index contributed by atoms with van der Waals surface area (Å²) in [6.07, 6.45) is 2.16. The normalized spacial score (nSPS) is 10.2. The third kappa shape index (κ3) is 4.49. The van der Waals surface area contributed by atoms with E-state index < -0.39 is 0 Å². The van der Waals surface area contributed by atoms with E-state index in [-0.39, 0.29) is 0 Å². The van der Waals surface area contributed by atoms with E-state index in [0.717, 1.165) is 23.0 Å². The summed E-state index contributed by atoms with van der Waals surface area (Å²) in [5.74, 6) is 0. The molecule has 0 unspecified atom stereocenters. The Morgan fingerprint density at radius 3 is 2.62 bits per heavy atom. The van der Waals surface area contributed by atoms with Crippen LogP contribution in [0.1, 0.15) is 26.7 Å². The Labute approximate surface area is 111 Å². The molecule has 0 aromatic heterocycles. The van der Waals surface area contributed by atoms with Crippen molar-refractivity contribution in [2.75, 3.05) is 5.32 Å². The summed E-state index contributed by atoms with van der Waals surface area (Å²) >= 11 is 8.68. The smallest absolute Gasteiger partial charge is 0.170 e. The van der Waals surface area contributed by atoms with Crippen molar-refractivity contribution in [3.05, 3.63) is 28.7 Å². The minimum Gasteiger partial charge on any atom is -0.360 e. The Hall–Kier alpha value is -0.610. The van der Waals surface area contributed by atoms with Gasteiger partial charge in [-0.3, -0.25) is 0 Å². The van der Waals surface area contributed by atoms with Gasteiger partial charge in [-0.05, 0) is 43.3 Å². The van der Waals surface area contributed by atoms with Gasteiger partial charge in [0.1, 0.15) is 0 Å². The Morgan fingerprint density at radius 2 is 2.06 bits per heavy atom. The molecule has 0 aliphatic rings. The molecule has 16 heavy (non-hydrogen) atoms. The van der Waals surface area contributed by atoms with Gasteiger partial charge in [-0.2, -0.15) is 0 Å². The fourth-order valence-corrected chi connectivity index (χ4v) is 2.10. The predicted octanol–water partition coefficient (Wildman–Crippen LogP) is 3.92. The number of rotatable bonds is 4. The second-order valence-electron chi connectivity index (χ2n) is 3.62. The molecule has 0 atom stereocenters. The van der Waals surface area contributed by atoms with E-state index in [0.29, 0.717) is 11.2 Å². The van der Waals surface area contributed by atoms with Crippen LogP contribution in [0.25, 0.3) is 0 Å². The van der Waals surface area contributed by atoms with Crippen molar-refractivity contribution in [3.63, 3.8) is 0 Å². The minimum absolute atomic E-state index is 0.451. The Morgan fingerprint density at radius 1 is 1.38 bits per heavy atom. The lowest BCUT2D eigenvalue weighted by Gasteiger charge is -2.17. The molecule has 0 heterocycles. The highest BCUT2D eigenvalue weighted by Crippen LogP contribution is 2.15. The summed E-state index contributed by atoms with van der Waals surface area (Å²) in [6, 6.07) is 8.41. The summed E-state index contributed by atoms with van der Waals surface area (Å²) < 4.78 is 1.04. The van der Waals surface area contributed by atoms with Gasteiger partial charge in [-0.1, -0.05) is 35.8 Å². The van der Waals surface area contributed by atoms with E-state index in [2.05, 4.69) is 40.4 Å². The van der Waals surface area contributed by atoms with Gasteiger partial charge in [-0.15, -0.1) is 0 Å². The summed E-state index contributed by atoms with van der Waals surface area (Å²) in [6.45, 7) is 4.31. The van der Waals surface area contributed by atoms with Gasteiger partial charge in [-0.25, -0.2) is 0 Å². The number of hydrogen-bond acceptors (Lipinski definition) is 1. The number of benzene rings is 1. The number of thiocarbonyl (C=S) groups is 1. The third-order valence-electron chi connectivity index (χ3n) is 2.40. The zero-order valence-corrected chi connectivity index (χ0v) is 12.0. The molecule has 0 spiro atoms. The first-order chi connectivity index (χ1) is 7.65. The van der Waals surface area contributed by atoms with Gasteiger partial charge in [0.05, 0.1) is 0 Å². The molecule has 0 aliphatic carbocycles. The standard InChI is InChI=1S/C12H17BrN2S/c1-3-10(4-2)14-12(16)15-11-7-5-6-9(13)8-11/h5-8,10H,3-4H2,1-2H3,(H2,14,15,16). The number of halogens is 1. The molecule has 0 aliphatic heterocycles. The first-order valence-corrected chi connectivity index (χ1v) is 6.69. The maximum absolute atomic E-state index is 5.25. The Balaban J connectivity index is 2.51. The number of anilines is 1. The molecule has 88 valence electrons. The van der Waals surface area contributed by atoms with E-state index >= 15 is 0 Å². The van der Waals surface area contributed by atoms with Gasteiger partial charge < -0.3 is 10.6 Å². The van der Waals surface area contributed by atoms with Crippen molar-refractivity contribution in [3.8, 4) is 0 Å². The first-order valence-electron chi connectivity index (χ1n) is 5.48. The second kappa shape index (κ2) is 6.86. The maximum Gasteiger partial charge on any atom is 0.170 e. The molecular weight excluding hydrogens is 284 g/mol. The maximum atomic E-state index is 5.25. The van der Waals surface area contributed by atoms with E-state index in [9.17, 15) is 0 Å². The molecule has 0 bridgehead atoms. The van der Waals surface area contributed by atoms with Crippen molar-refractivity contribution in [2.24, 2.45) is 0 Å². The van der Waals surface area contributed by atoms with Crippen LogP contribution in [0.4, 0.5) is 5.69 Å². The van der Waals surface area contributed by atoms with Crippen molar-refractivity contribution in [2.45, 2.75) is 32.7 Å². The van der Waals surface area contributed by atoms with Crippen LogP contribution in [-0.2, 0) is 0 Å². The average Bonchev–Trinajstić information content (AvgIpc) is 2.26. The lowest BCUT2D eigenvalue weighted by molar-refractivity contribution is 0.573. The van der Waals surface area contributed by atoms with Crippen LogP contribution < -0.4 is 10.6 Å². The van der Waals surface area contributed by atoms with E-state index in [4.69, 9.17) is 12.2 Å². The Bertz CT molecular complexity index is 351. The fraction of sp³-hybridized carbons (Fsp3) is 0.417. The van der Waals surface area contributed by atoms with Crippen molar-refractivity contribution in [1.29, 1.82) is 0 Å². The largest absolute Gasteiger partial charge is 0.360 e.